The van der Waals surface area contributed by atoms with Crippen LogP contribution in [-0.4, -0.2) is 6.04 Å². The summed E-state index contributed by atoms with van der Waals surface area (Å²) in [7, 11) is 0. The average molecular weight is 221 g/mol. The quantitative estimate of drug-likeness (QED) is 0.815. The molecule has 0 aromatic heterocycles. The van der Waals surface area contributed by atoms with Crippen LogP contribution in [-0.2, 0) is 6.42 Å². The van der Waals surface area contributed by atoms with E-state index in [0.717, 1.165) is 31.2 Å². The van der Waals surface area contributed by atoms with E-state index in [4.69, 9.17) is 5.73 Å². The van der Waals surface area contributed by atoms with Crippen LogP contribution in [0.25, 0.3) is 0 Å². The third-order valence-corrected chi connectivity index (χ3v) is 3.80. The fourth-order valence-corrected chi connectivity index (χ4v) is 2.82. The van der Waals surface area contributed by atoms with Crippen LogP contribution in [0.5, 0.6) is 0 Å². The van der Waals surface area contributed by atoms with Crippen LogP contribution < -0.4 is 5.73 Å². The third kappa shape index (κ3) is 2.43. The van der Waals surface area contributed by atoms with Crippen LogP contribution in [0.2, 0.25) is 0 Å². The first kappa shape index (κ1) is 11.6. The highest BCUT2D eigenvalue weighted by Crippen LogP contribution is 2.40. The van der Waals surface area contributed by atoms with Crippen molar-refractivity contribution in [2.45, 2.75) is 45.6 Å². The smallest absolute Gasteiger partial charge is 0.123 e. The first-order chi connectivity index (χ1) is 7.48. The van der Waals surface area contributed by atoms with Gasteiger partial charge in [-0.2, -0.15) is 0 Å². The summed E-state index contributed by atoms with van der Waals surface area (Å²) < 4.78 is 13.2. The van der Waals surface area contributed by atoms with Gasteiger partial charge in [0.15, 0.2) is 0 Å². The van der Waals surface area contributed by atoms with E-state index >= 15 is 0 Å². The molecule has 2 unspecified atom stereocenters. The summed E-state index contributed by atoms with van der Waals surface area (Å²) in [4.78, 5) is 0. The summed E-state index contributed by atoms with van der Waals surface area (Å²) in [6.07, 6.45) is 4.27. The molecule has 0 saturated heterocycles. The summed E-state index contributed by atoms with van der Waals surface area (Å²) in [5.41, 5.74) is 8.54. The van der Waals surface area contributed by atoms with Crippen molar-refractivity contribution in [2.24, 2.45) is 11.1 Å². The Labute approximate surface area is 96.9 Å². The number of hydrogen-bond donors (Lipinski definition) is 1. The Kier molecular flexibility index (Phi) is 3.02. The van der Waals surface area contributed by atoms with Crippen LogP contribution in [0.4, 0.5) is 4.39 Å². The highest BCUT2D eigenvalue weighted by Gasteiger charge is 2.33. The molecule has 1 fully saturated rings. The summed E-state index contributed by atoms with van der Waals surface area (Å²) >= 11 is 0. The molecule has 2 atom stereocenters. The largest absolute Gasteiger partial charge is 0.328 e. The second-order valence-corrected chi connectivity index (χ2v) is 5.56. The molecule has 1 aromatic carbocycles. The second-order valence-electron chi connectivity index (χ2n) is 5.56. The topological polar surface area (TPSA) is 26.0 Å². The van der Waals surface area contributed by atoms with Gasteiger partial charge in [0.25, 0.3) is 0 Å². The molecule has 0 spiro atoms. The van der Waals surface area contributed by atoms with Gasteiger partial charge in [-0.25, -0.2) is 4.39 Å². The standard InChI is InChI=1S/C14H20FN/c1-10-3-4-12(15)7-11(10)8-14(2)6-5-13(16)9-14/h3-4,7,13H,5-6,8-9,16H2,1-2H3. The molecular formula is C14H20FN. The third-order valence-electron chi connectivity index (χ3n) is 3.80. The van der Waals surface area contributed by atoms with Crippen molar-refractivity contribution in [3.05, 3.63) is 35.1 Å². The van der Waals surface area contributed by atoms with Gasteiger partial charge < -0.3 is 5.73 Å². The van der Waals surface area contributed by atoms with Crippen molar-refractivity contribution in [1.29, 1.82) is 0 Å². The van der Waals surface area contributed by atoms with Crippen LogP contribution in [0, 0.1) is 18.2 Å². The number of rotatable bonds is 2. The van der Waals surface area contributed by atoms with Crippen LogP contribution >= 0.6 is 0 Å². The molecule has 1 aliphatic rings. The molecule has 1 aliphatic carbocycles. The SMILES string of the molecule is Cc1ccc(F)cc1CC1(C)CCC(N)C1. The van der Waals surface area contributed by atoms with Crippen molar-refractivity contribution in [2.75, 3.05) is 0 Å². The first-order valence-corrected chi connectivity index (χ1v) is 5.99. The zero-order chi connectivity index (χ0) is 11.8. The van der Waals surface area contributed by atoms with E-state index in [-0.39, 0.29) is 11.2 Å². The molecule has 1 nitrogen and oxygen atoms in total. The van der Waals surface area contributed by atoms with Gasteiger partial charge in [0.2, 0.25) is 0 Å². The second kappa shape index (κ2) is 4.17. The van der Waals surface area contributed by atoms with Gasteiger partial charge in [0.05, 0.1) is 0 Å². The highest BCUT2D eigenvalue weighted by molar-refractivity contribution is 5.27. The molecule has 2 rings (SSSR count). The van der Waals surface area contributed by atoms with Gasteiger partial charge in [-0.05, 0) is 61.3 Å². The normalized spacial score (nSPS) is 29.6. The van der Waals surface area contributed by atoms with Crippen molar-refractivity contribution < 1.29 is 4.39 Å². The molecule has 88 valence electrons. The van der Waals surface area contributed by atoms with Crippen molar-refractivity contribution in [1.82, 2.24) is 0 Å². The molecule has 2 N–H and O–H groups in total. The van der Waals surface area contributed by atoms with Gasteiger partial charge in [-0.15, -0.1) is 0 Å². The van der Waals surface area contributed by atoms with Crippen molar-refractivity contribution in [3.8, 4) is 0 Å². The predicted molar refractivity (Wildman–Crippen MR) is 64.8 cm³/mol. The lowest BCUT2D eigenvalue weighted by Crippen LogP contribution is -2.21. The van der Waals surface area contributed by atoms with Gasteiger partial charge in [0, 0.05) is 6.04 Å². The van der Waals surface area contributed by atoms with E-state index in [9.17, 15) is 4.39 Å². The average Bonchev–Trinajstić information content (AvgIpc) is 2.52. The van der Waals surface area contributed by atoms with Crippen LogP contribution in [0.15, 0.2) is 18.2 Å². The van der Waals surface area contributed by atoms with E-state index in [0.29, 0.717) is 6.04 Å². The molecular weight excluding hydrogens is 201 g/mol. The zero-order valence-corrected chi connectivity index (χ0v) is 10.1. The fourth-order valence-electron chi connectivity index (χ4n) is 2.82. The highest BCUT2D eigenvalue weighted by atomic mass is 19.1. The monoisotopic (exact) mass is 221 g/mol. The number of halogens is 1. The number of hydrogen-bond acceptors (Lipinski definition) is 1. The molecule has 0 bridgehead atoms. The molecule has 2 heteroatoms. The Balaban J connectivity index is 2.17. The molecule has 0 heterocycles. The van der Waals surface area contributed by atoms with Gasteiger partial charge in [0.1, 0.15) is 5.82 Å². The van der Waals surface area contributed by atoms with Crippen molar-refractivity contribution in [3.63, 3.8) is 0 Å². The summed E-state index contributed by atoms with van der Waals surface area (Å²) in [5, 5.41) is 0. The lowest BCUT2D eigenvalue weighted by atomic mass is 9.81. The Morgan fingerprint density at radius 1 is 1.50 bits per heavy atom. The minimum Gasteiger partial charge on any atom is -0.328 e. The fraction of sp³-hybridized carbons (Fsp3) is 0.571. The summed E-state index contributed by atoms with van der Waals surface area (Å²) in [5.74, 6) is -0.133. The molecule has 1 aromatic rings. The molecule has 0 aliphatic heterocycles. The molecule has 16 heavy (non-hydrogen) atoms. The van der Waals surface area contributed by atoms with Crippen LogP contribution in [0.1, 0.15) is 37.3 Å². The molecule has 0 amide bonds. The maximum absolute atomic E-state index is 13.2. The number of benzene rings is 1. The maximum atomic E-state index is 13.2. The van der Waals surface area contributed by atoms with E-state index in [2.05, 4.69) is 6.92 Å². The summed E-state index contributed by atoms with van der Waals surface area (Å²) in [6, 6.07) is 5.40. The molecule has 1 saturated carbocycles. The van der Waals surface area contributed by atoms with Crippen LogP contribution in [0.3, 0.4) is 0 Å². The number of aryl methyl sites for hydroxylation is 1. The van der Waals surface area contributed by atoms with E-state index < -0.39 is 0 Å². The van der Waals surface area contributed by atoms with Gasteiger partial charge in [-0.3, -0.25) is 0 Å². The number of nitrogens with two attached hydrogens (primary N) is 1. The Morgan fingerprint density at radius 2 is 2.25 bits per heavy atom. The Hall–Kier alpha value is -0.890. The van der Waals surface area contributed by atoms with Gasteiger partial charge >= 0.3 is 0 Å². The lowest BCUT2D eigenvalue weighted by molar-refractivity contribution is 0.328. The van der Waals surface area contributed by atoms with Gasteiger partial charge in [-0.1, -0.05) is 13.0 Å². The Morgan fingerprint density at radius 3 is 2.88 bits per heavy atom. The van der Waals surface area contributed by atoms with E-state index in [1.807, 2.05) is 13.0 Å². The van der Waals surface area contributed by atoms with E-state index in [1.54, 1.807) is 6.07 Å². The predicted octanol–water partition coefficient (Wildman–Crippen LogP) is 3.19. The lowest BCUT2D eigenvalue weighted by Gasteiger charge is -2.24. The zero-order valence-electron chi connectivity index (χ0n) is 10.1. The first-order valence-electron chi connectivity index (χ1n) is 5.99. The summed E-state index contributed by atoms with van der Waals surface area (Å²) in [6.45, 7) is 4.32. The minimum absolute atomic E-state index is 0.133. The maximum Gasteiger partial charge on any atom is 0.123 e. The Bertz CT molecular complexity index is 388. The van der Waals surface area contributed by atoms with E-state index in [1.165, 1.54) is 11.6 Å². The minimum atomic E-state index is -0.133. The molecule has 0 radical (unpaired) electrons. The van der Waals surface area contributed by atoms with Crippen molar-refractivity contribution >= 4 is 0 Å².